The maximum Gasteiger partial charge on any atom is 0.239 e. The molecule has 1 heterocycles. The number of nitrogen functional groups attached to an aromatic ring is 1. The Kier molecular flexibility index (Phi) is 3.00. The van der Waals surface area contributed by atoms with Gasteiger partial charge >= 0.3 is 0 Å². The van der Waals surface area contributed by atoms with E-state index < -0.39 is 0 Å². The predicted octanol–water partition coefficient (Wildman–Crippen LogP) is 2.41. The number of para-hydroxylation sites is 1. The molecule has 0 bridgehead atoms. The van der Waals surface area contributed by atoms with Crippen molar-refractivity contribution >= 4 is 5.82 Å². The lowest BCUT2D eigenvalue weighted by Crippen LogP contribution is -1.96. The maximum absolute atomic E-state index is 5.63. The molecule has 1 aromatic heterocycles. The van der Waals surface area contributed by atoms with E-state index >= 15 is 0 Å². The van der Waals surface area contributed by atoms with Crippen LogP contribution in [0.3, 0.4) is 0 Å². The summed E-state index contributed by atoms with van der Waals surface area (Å²) in [4.78, 5) is 7.96. The van der Waals surface area contributed by atoms with Crippen molar-refractivity contribution in [3.63, 3.8) is 0 Å². The molecule has 0 radical (unpaired) electrons. The van der Waals surface area contributed by atoms with Gasteiger partial charge in [-0.2, -0.15) is 4.98 Å². The molecule has 2 N–H and O–H groups in total. The molecule has 82 valence electrons. The molecule has 0 unspecified atom stereocenters. The van der Waals surface area contributed by atoms with Crippen LogP contribution in [0.2, 0.25) is 0 Å². The second-order valence-corrected chi connectivity index (χ2v) is 3.35. The van der Waals surface area contributed by atoms with E-state index in [2.05, 4.69) is 16.9 Å². The summed E-state index contributed by atoms with van der Waals surface area (Å²) in [6.45, 7) is 2.08. The first kappa shape index (κ1) is 10.4. The lowest BCUT2D eigenvalue weighted by molar-refractivity contribution is 0.456. The van der Waals surface area contributed by atoms with Crippen molar-refractivity contribution in [3.8, 4) is 11.6 Å². The minimum atomic E-state index is 0.353. The Morgan fingerprint density at radius 2 is 2.06 bits per heavy atom. The van der Waals surface area contributed by atoms with Crippen LogP contribution in [-0.2, 0) is 6.42 Å². The van der Waals surface area contributed by atoms with E-state index in [1.54, 1.807) is 6.20 Å². The van der Waals surface area contributed by atoms with E-state index in [1.165, 1.54) is 6.20 Å². The van der Waals surface area contributed by atoms with E-state index in [0.717, 1.165) is 17.7 Å². The van der Waals surface area contributed by atoms with Gasteiger partial charge in [-0.15, -0.1) is 0 Å². The van der Waals surface area contributed by atoms with Gasteiger partial charge in [-0.3, -0.25) is 4.98 Å². The van der Waals surface area contributed by atoms with E-state index in [0.29, 0.717) is 11.7 Å². The number of nitrogens with two attached hydrogens (primary N) is 1. The van der Waals surface area contributed by atoms with E-state index in [4.69, 9.17) is 10.5 Å². The van der Waals surface area contributed by atoms with Crippen molar-refractivity contribution < 1.29 is 4.74 Å². The van der Waals surface area contributed by atoms with Gasteiger partial charge in [0.25, 0.3) is 0 Å². The van der Waals surface area contributed by atoms with Gasteiger partial charge in [0, 0.05) is 0 Å². The first-order chi connectivity index (χ1) is 7.79. The van der Waals surface area contributed by atoms with Gasteiger partial charge in [0.2, 0.25) is 5.88 Å². The molecule has 0 fully saturated rings. The van der Waals surface area contributed by atoms with Crippen molar-refractivity contribution in [2.75, 3.05) is 5.73 Å². The van der Waals surface area contributed by atoms with Crippen LogP contribution in [0.15, 0.2) is 36.7 Å². The summed E-state index contributed by atoms with van der Waals surface area (Å²) in [5, 5.41) is 0. The monoisotopic (exact) mass is 215 g/mol. The first-order valence-electron chi connectivity index (χ1n) is 5.13. The number of rotatable bonds is 3. The highest BCUT2D eigenvalue weighted by molar-refractivity contribution is 5.36. The van der Waals surface area contributed by atoms with Crippen molar-refractivity contribution in [3.05, 3.63) is 42.2 Å². The van der Waals surface area contributed by atoms with Gasteiger partial charge in [-0.05, 0) is 18.1 Å². The van der Waals surface area contributed by atoms with Crippen LogP contribution in [0.1, 0.15) is 12.5 Å². The summed E-state index contributed by atoms with van der Waals surface area (Å²) in [5.41, 5.74) is 6.66. The minimum Gasteiger partial charge on any atom is -0.437 e. The van der Waals surface area contributed by atoms with E-state index in [1.807, 2.05) is 24.3 Å². The number of benzene rings is 1. The van der Waals surface area contributed by atoms with Gasteiger partial charge in [-0.1, -0.05) is 25.1 Å². The fraction of sp³-hybridized carbons (Fsp3) is 0.167. The SMILES string of the molecule is CCc1ccccc1Oc1cncc(N)n1. The van der Waals surface area contributed by atoms with Crippen LogP contribution in [0, 0.1) is 0 Å². The summed E-state index contributed by atoms with van der Waals surface area (Å²) in [5.74, 6) is 1.57. The molecule has 0 saturated carbocycles. The number of aromatic nitrogens is 2. The third-order valence-electron chi connectivity index (χ3n) is 2.20. The molecule has 4 heteroatoms. The largest absolute Gasteiger partial charge is 0.437 e. The number of hydrogen-bond donors (Lipinski definition) is 1. The maximum atomic E-state index is 5.63. The quantitative estimate of drug-likeness (QED) is 0.854. The van der Waals surface area contributed by atoms with Crippen LogP contribution in [0.4, 0.5) is 5.82 Å². The highest BCUT2D eigenvalue weighted by Gasteiger charge is 2.03. The molecular formula is C12H13N3O. The Morgan fingerprint density at radius 3 is 2.81 bits per heavy atom. The standard InChI is InChI=1S/C12H13N3O/c1-2-9-5-3-4-6-10(9)16-12-8-14-7-11(13)15-12/h3-8H,2H2,1H3,(H2,13,15). The van der Waals surface area contributed by atoms with Gasteiger partial charge in [0.15, 0.2) is 0 Å². The highest BCUT2D eigenvalue weighted by atomic mass is 16.5. The van der Waals surface area contributed by atoms with Crippen molar-refractivity contribution in [1.82, 2.24) is 9.97 Å². The molecule has 16 heavy (non-hydrogen) atoms. The van der Waals surface area contributed by atoms with Gasteiger partial charge in [0.05, 0.1) is 12.4 Å². The Hall–Kier alpha value is -2.10. The second kappa shape index (κ2) is 4.61. The zero-order valence-electron chi connectivity index (χ0n) is 9.05. The Labute approximate surface area is 94.1 Å². The average Bonchev–Trinajstić information content (AvgIpc) is 2.30. The van der Waals surface area contributed by atoms with Crippen LogP contribution in [-0.4, -0.2) is 9.97 Å². The predicted molar refractivity (Wildman–Crippen MR) is 62.3 cm³/mol. The summed E-state index contributed by atoms with van der Waals surface area (Å²) in [6, 6.07) is 7.84. The number of nitrogens with zero attached hydrogens (tertiary/aromatic N) is 2. The van der Waals surface area contributed by atoms with Gasteiger partial charge < -0.3 is 10.5 Å². The summed E-state index contributed by atoms with van der Waals surface area (Å²) >= 11 is 0. The van der Waals surface area contributed by atoms with Crippen LogP contribution in [0.25, 0.3) is 0 Å². The van der Waals surface area contributed by atoms with E-state index in [-0.39, 0.29) is 0 Å². The van der Waals surface area contributed by atoms with Crippen molar-refractivity contribution in [2.45, 2.75) is 13.3 Å². The molecule has 1 aromatic carbocycles. The van der Waals surface area contributed by atoms with Crippen LogP contribution < -0.4 is 10.5 Å². The molecule has 0 saturated heterocycles. The van der Waals surface area contributed by atoms with Crippen LogP contribution >= 0.6 is 0 Å². The number of anilines is 1. The molecule has 2 rings (SSSR count). The Balaban J connectivity index is 2.26. The lowest BCUT2D eigenvalue weighted by atomic mass is 10.1. The molecule has 0 spiro atoms. The van der Waals surface area contributed by atoms with Gasteiger partial charge in [-0.25, -0.2) is 0 Å². The smallest absolute Gasteiger partial charge is 0.239 e. The van der Waals surface area contributed by atoms with Crippen molar-refractivity contribution in [1.29, 1.82) is 0 Å². The molecule has 0 aliphatic rings. The van der Waals surface area contributed by atoms with Crippen LogP contribution in [0.5, 0.6) is 11.6 Å². The topological polar surface area (TPSA) is 61.0 Å². The summed E-state index contributed by atoms with van der Waals surface area (Å²) < 4.78 is 5.63. The van der Waals surface area contributed by atoms with Crippen molar-refractivity contribution in [2.24, 2.45) is 0 Å². The zero-order chi connectivity index (χ0) is 11.4. The summed E-state index contributed by atoms with van der Waals surface area (Å²) in [6.07, 6.45) is 3.94. The highest BCUT2D eigenvalue weighted by Crippen LogP contribution is 2.23. The third-order valence-corrected chi connectivity index (χ3v) is 2.20. The fourth-order valence-electron chi connectivity index (χ4n) is 1.42. The summed E-state index contributed by atoms with van der Waals surface area (Å²) in [7, 11) is 0. The third kappa shape index (κ3) is 2.28. The van der Waals surface area contributed by atoms with Gasteiger partial charge in [0.1, 0.15) is 11.6 Å². The molecule has 4 nitrogen and oxygen atoms in total. The Bertz CT molecular complexity index is 485. The first-order valence-corrected chi connectivity index (χ1v) is 5.13. The molecule has 0 amide bonds. The second-order valence-electron chi connectivity index (χ2n) is 3.35. The molecular weight excluding hydrogens is 202 g/mol. The fourth-order valence-corrected chi connectivity index (χ4v) is 1.42. The Morgan fingerprint density at radius 1 is 1.25 bits per heavy atom. The molecule has 2 aromatic rings. The average molecular weight is 215 g/mol. The van der Waals surface area contributed by atoms with E-state index in [9.17, 15) is 0 Å². The minimum absolute atomic E-state index is 0.353. The molecule has 0 atom stereocenters. The molecule has 0 aliphatic heterocycles. The number of hydrogen-bond acceptors (Lipinski definition) is 4. The zero-order valence-corrected chi connectivity index (χ0v) is 9.05. The normalized spacial score (nSPS) is 10.1. The lowest BCUT2D eigenvalue weighted by Gasteiger charge is -2.08. The number of ether oxygens (including phenoxy) is 1. The molecule has 0 aliphatic carbocycles. The number of aryl methyl sites for hydroxylation is 1.